The molecule has 2 N–H and O–H groups in total. The van der Waals surface area contributed by atoms with E-state index in [4.69, 9.17) is 0 Å². The van der Waals surface area contributed by atoms with Gasteiger partial charge in [0, 0.05) is 24.8 Å². The van der Waals surface area contributed by atoms with Crippen molar-refractivity contribution in [2.24, 2.45) is 0 Å². The van der Waals surface area contributed by atoms with E-state index in [0.29, 0.717) is 10.9 Å². The molecule has 0 amide bonds. The van der Waals surface area contributed by atoms with Gasteiger partial charge in [0.15, 0.2) is 0 Å². The highest BCUT2D eigenvalue weighted by Gasteiger charge is 2.24. The maximum atomic E-state index is 11.7. The van der Waals surface area contributed by atoms with E-state index in [1.165, 1.54) is 19.9 Å². The minimum absolute atomic E-state index is 0.308. The Kier molecular flexibility index (Phi) is 4.44. The highest BCUT2D eigenvalue weighted by Crippen LogP contribution is 2.26. The lowest BCUT2D eigenvalue weighted by molar-refractivity contribution is 0.588. The lowest BCUT2D eigenvalue weighted by Crippen LogP contribution is -2.36. The third kappa shape index (κ3) is 3.08. The Bertz CT molecular complexity index is 513. The van der Waals surface area contributed by atoms with Crippen molar-refractivity contribution in [3.8, 4) is 0 Å². The Hall–Kier alpha value is -1.11. The fourth-order valence-corrected chi connectivity index (χ4v) is 3.29. The predicted molar refractivity (Wildman–Crippen MR) is 77.0 cm³/mol. The lowest BCUT2D eigenvalue weighted by atomic mass is 10.2. The number of sulfonamides is 1. The Morgan fingerprint density at radius 1 is 1.26 bits per heavy atom. The number of hydrogen-bond donors (Lipinski definition) is 2. The first kappa shape index (κ1) is 14.3. The van der Waals surface area contributed by atoms with Crippen molar-refractivity contribution in [3.63, 3.8) is 0 Å². The molecule has 2 rings (SSSR count). The van der Waals surface area contributed by atoms with Gasteiger partial charge in [0.2, 0.25) is 10.0 Å². The highest BCUT2D eigenvalue weighted by molar-refractivity contribution is 7.89. The van der Waals surface area contributed by atoms with Crippen molar-refractivity contribution in [2.45, 2.75) is 23.8 Å². The molecule has 1 fully saturated rings. The van der Waals surface area contributed by atoms with Gasteiger partial charge in [-0.2, -0.15) is 0 Å². The molecule has 1 unspecified atom stereocenters. The van der Waals surface area contributed by atoms with Crippen molar-refractivity contribution >= 4 is 15.7 Å². The zero-order valence-corrected chi connectivity index (χ0v) is 12.2. The summed E-state index contributed by atoms with van der Waals surface area (Å²) in [5, 5.41) is 3.21. The molecule has 6 heteroatoms. The second-order valence-electron chi connectivity index (χ2n) is 4.75. The van der Waals surface area contributed by atoms with Crippen LogP contribution in [0.5, 0.6) is 0 Å². The molecule has 19 heavy (non-hydrogen) atoms. The first-order valence-corrected chi connectivity index (χ1v) is 8.01. The van der Waals surface area contributed by atoms with Crippen LogP contribution in [0, 0.1) is 0 Å². The number of benzene rings is 1. The van der Waals surface area contributed by atoms with Crippen LogP contribution in [-0.4, -0.2) is 41.6 Å². The van der Waals surface area contributed by atoms with E-state index >= 15 is 0 Å². The van der Waals surface area contributed by atoms with Gasteiger partial charge < -0.3 is 10.2 Å². The van der Waals surface area contributed by atoms with Gasteiger partial charge in [0.05, 0.1) is 4.90 Å². The zero-order chi connectivity index (χ0) is 13.9. The molecule has 0 bridgehead atoms. The average Bonchev–Trinajstić information content (AvgIpc) is 2.88. The monoisotopic (exact) mass is 283 g/mol. The van der Waals surface area contributed by atoms with Crippen LogP contribution in [0.2, 0.25) is 0 Å². The van der Waals surface area contributed by atoms with Crippen LogP contribution in [0.15, 0.2) is 29.2 Å². The van der Waals surface area contributed by atoms with E-state index < -0.39 is 10.0 Å². The molecule has 0 aromatic heterocycles. The molecule has 0 aliphatic carbocycles. The summed E-state index contributed by atoms with van der Waals surface area (Å²) < 4.78 is 25.7. The SMILES string of the molecule is CNCC1CCCN1c1ccc(S(=O)(=O)NC)cc1. The second-order valence-corrected chi connectivity index (χ2v) is 6.64. The molecular formula is C13H21N3O2S. The molecule has 1 atom stereocenters. The lowest BCUT2D eigenvalue weighted by Gasteiger charge is -2.26. The normalized spacial score (nSPS) is 19.9. The Morgan fingerprint density at radius 3 is 2.53 bits per heavy atom. The summed E-state index contributed by atoms with van der Waals surface area (Å²) in [6.45, 7) is 1.99. The summed E-state index contributed by atoms with van der Waals surface area (Å²) in [7, 11) is 0.0376. The Morgan fingerprint density at radius 2 is 1.95 bits per heavy atom. The van der Waals surface area contributed by atoms with Crippen molar-refractivity contribution < 1.29 is 8.42 Å². The quantitative estimate of drug-likeness (QED) is 0.838. The molecule has 1 saturated heterocycles. The van der Waals surface area contributed by atoms with E-state index in [0.717, 1.165) is 18.8 Å². The summed E-state index contributed by atoms with van der Waals surface area (Å²) in [4.78, 5) is 2.65. The number of anilines is 1. The van der Waals surface area contributed by atoms with Crippen LogP contribution >= 0.6 is 0 Å². The van der Waals surface area contributed by atoms with Crippen LogP contribution in [0.4, 0.5) is 5.69 Å². The smallest absolute Gasteiger partial charge is 0.240 e. The molecule has 1 heterocycles. The van der Waals surface area contributed by atoms with Gasteiger partial charge in [-0.15, -0.1) is 0 Å². The van der Waals surface area contributed by atoms with Gasteiger partial charge in [-0.1, -0.05) is 0 Å². The largest absolute Gasteiger partial charge is 0.367 e. The molecule has 1 aromatic carbocycles. The maximum absolute atomic E-state index is 11.7. The van der Waals surface area contributed by atoms with E-state index in [1.807, 2.05) is 19.2 Å². The van der Waals surface area contributed by atoms with Crippen LogP contribution in [-0.2, 0) is 10.0 Å². The van der Waals surface area contributed by atoms with Crippen molar-refractivity contribution in [1.82, 2.24) is 10.0 Å². The summed E-state index contributed by atoms with van der Waals surface area (Å²) in [5.74, 6) is 0. The molecule has 0 spiro atoms. The number of nitrogens with one attached hydrogen (secondary N) is 2. The fraction of sp³-hybridized carbons (Fsp3) is 0.538. The molecule has 5 nitrogen and oxygen atoms in total. The molecule has 1 aromatic rings. The minimum Gasteiger partial charge on any atom is -0.367 e. The molecular weight excluding hydrogens is 262 g/mol. The predicted octanol–water partition coefficient (Wildman–Crippen LogP) is 0.783. The van der Waals surface area contributed by atoms with E-state index in [2.05, 4.69) is 14.9 Å². The van der Waals surface area contributed by atoms with Crippen LogP contribution in [0.3, 0.4) is 0 Å². The molecule has 1 aliphatic heterocycles. The third-order valence-corrected chi connectivity index (χ3v) is 4.99. The van der Waals surface area contributed by atoms with E-state index in [-0.39, 0.29) is 0 Å². The molecule has 0 radical (unpaired) electrons. The Labute approximate surface area is 115 Å². The molecule has 1 aliphatic rings. The summed E-state index contributed by atoms with van der Waals surface area (Å²) >= 11 is 0. The topological polar surface area (TPSA) is 61.4 Å². The first-order valence-electron chi connectivity index (χ1n) is 6.53. The van der Waals surface area contributed by atoms with E-state index in [9.17, 15) is 8.42 Å². The van der Waals surface area contributed by atoms with Gasteiger partial charge in [0.1, 0.15) is 0 Å². The number of rotatable bonds is 5. The van der Waals surface area contributed by atoms with Crippen molar-refractivity contribution in [2.75, 3.05) is 32.1 Å². The van der Waals surface area contributed by atoms with Crippen LogP contribution < -0.4 is 14.9 Å². The Balaban J connectivity index is 2.19. The number of hydrogen-bond acceptors (Lipinski definition) is 4. The second kappa shape index (κ2) is 5.90. The number of likely N-dealkylation sites (N-methyl/N-ethyl adjacent to an activating group) is 1. The summed E-state index contributed by atoms with van der Waals surface area (Å²) in [5.41, 5.74) is 1.09. The van der Waals surface area contributed by atoms with Gasteiger partial charge in [0.25, 0.3) is 0 Å². The van der Waals surface area contributed by atoms with Crippen molar-refractivity contribution in [3.05, 3.63) is 24.3 Å². The minimum atomic E-state index is -3.34. The van der Waals surface area contributed by atoms with E-state index in [1.54, 1.807) is 12.1 Å². The standard InChI is InChI=1S/C13H21N3O2S/c1-14-10-12-4-3-9-16(12)11-5-7-13(8-6-11)19(17,18)15-2/h5-8,12,14-15H,3-4,9-10H2,1-2H3. The average molecular weight is 283 g/mol. The van der Waals surface area contributed by atoms with Gasteiger partial charge in [-0.05, 0) is 51.2 Å². The van der Waals surface area contributed by atoms with Gasteiger partial charge >= 0.3 is 0 Å². The molecule has 106 valence electrons. The van der Waals surface area contributed by atoms with Gasteiger partial charge in [-0.25, -0.2) is 13.1 Å². The number of nitrogens with zero attached hydrogens (tertiary/aromatic N) is 1. The van der Waals surface area contributed by atoms with Gasteiger partial charge in [-0.3, -0.25) is 0 Å². The maximum Gasteiger partial charge on any atom is 0.240 e. The third-order valence-electron chi connectivity index (χ3n) is 3.56. The highest BCUT2D eigenvalue weighted by atomic mass is 32.2. The molecule has 0 saturated carbocycles. The first-order chi connectivity index (χ1) is 9.08. The summed E-state index contributed by atoms with van der Waals surface area (Å²) in [6, 6.07) is 7.60. The van der Waals surface area contributed by atoms with Crippen LogP contribution in [0.1, 0.15) is 12.8 Å². The fourth-order valence-electron chi connectivity index (χ4n) is 2.56. The zero-order valence-electron chi connectivity index (χ0n) is 11.4. The van der Waals surface area contributed by atoms with Crippen LogP contribution in [0.25, 0.3) is 0 Å². The summed E-state index contributed by atoms with van der Waals surface area (Å²) in [6.07, 6.45) is 2.36. The van der Waals surface area contributed by atoms with Crippen molar-refractivity contribution in [1.29, 1.82) is 0 Å².